The number of hydrogen-bond acceptors (Lipinski definition) is 1. The third kappa shape index (κ3) is 1.84. The van der Waals surface area contributed by atoms with Crippen molar-refractivity contribution in [3.63, 3.8) is 0 Å². The highest BCUT2D eigenvalue weighted by Gasteiger charge is 2.26. The molecule has 0 aliphatic carbocycles. The zero-order valence-electron chi connectivity index (χ0n) is 8.09. The molecule has 0 saturated carbocycles. The maximum Gasteiger partial charge on any atom is 0.0193 e. The lowest BCUT2D eigenvalue weighted by molar-refractivity contribution is 0.250. The van der Waals surface area contributed by atoms with E-state index >= 15 is 0 Å². The van der Waals surface area contributed by atoms with Crippen LogP contribution < -0.4 is 0 Å². The van der Waals surface area contributed by atoms with Crippen molar-refractivity contribution in [1.29, 1.82) is 0 Å². The van der Waals surface area contributed by atoms with Crippen LogP contribution in [0.1, 0.15) is 27.2 Å². The molecule has 0 radical (unpaired) electrons. The van der Waals surface area contributed by atoms with Gasteiger partial charge in [0.05, 0.1) is 0 Å². The second kappa shape index (κ2) is 3.40. The summed E-state index contributed by atoms with van der Waals surface area (Å²) in [5, 5.41) is 0. The van der Waals surface area contributed by atoms with E-state index < -0.39 is 0 Å². The zero-order chi connectivity index (χ0) is 8.43. The molecule has 1 atom stereocenters. The lowest BCUT2D eigenvalue weighted by atomic mass is 10.0. The predicted octanol–water partition coefficient (Wildman–Crippen LogP) is 2.29. The average molecular weight is 153 g/mol. The fourth-order valence-electron chi connectivity index (χ4n) is 1.88. The standard InChI is InChI=1S/C10H19N/c1-5-9-6-10(8(2)3)11(4)7-9/h5,8,10H,6-7H2,1-4H3/b9-5+. The smallest absolute Gasteiger partial charge is 0.0193 e. The lowest BCUT2D eigenvalue weighted by Crippen LogP contribution is -2.29. The number of allylic oxidation sites excluding steroid dienone is 1. The zero-order valence-corrected chi connectivity index (χ0v) is 8.09. The summed E-state index contributed by atoms with van der Waals surface area (Å²) in [7, 11) is 2.22. The second-order valence-electron chi connectivity index (χ2n) is 3.88. The average Bonchev–Trinajstić information content (AvgIpc) is 2.30. The van der Waals surface area contributed by atoms with E-state index in [1.165, 1.54) is 13.0 Å². The summed E-state index contributed by atoms with van der Waals surface area (Å²) in [4.78, 5) is 2.46. The Morgan fingerprint density at radius 1 is 1.55 bits per heavy atom. The van der Waals surface area contributed by atoms with Gasteiger partial charge in [0.1, 0.15) is 0 Å². The van der Waals surface area contributed by atoms with Gasteiger partial charge in [0, 0.05) is 12.6 Å². The molecule has 0 spiro atoms. The van der Waals surface area contributed by atoms with Crippen LogP contribution in [0.3, 0.4) is 0 Å². The van der Waals surface area contributed by atoms with Crippen molar-refractivity contribution in [1.82, 2.24) is 4.90 Å². The molecule has 1 aliphatic rings. The molecule has 1 saturated heterocycles. The molecule has 1 heteroatoms. The maximum absolute atomic E-state index is 2.46. The van der Waals surface area contributed by atoms with Crippen molar-refractivity contribution in [2.24, 2.45) is 5.92 Å². The molecular formula is C10H19N. The van der Waals surface area contributed by atoms with Crippen molar-refractivity contribution in [2.45, 2.75) is 33.2 Å². The predicted molar refractivity (Wildman–Crippen MR) is 49.6 cm³/mol. The van der Waals surface area contributed by atoms with Crippen LogP contribution in [-0.2, 0) is 0 Å². The van der Waals surface area contributed by atoms with Gasteiger partial charge < -0.3 is 0 Å². The summed E-state index contributed by atoms with van der Waals surface area (Å²) < 4.78 is 0. The van der Waals surface area contributed by atoms with E-state index in [0.717, 1.165) is 12.0 Å². The summed E-state index contributed by atoms with van der Waals surface area (Å²) >= 11 is 0. The lowest BCUT2D eigenvalue weighted by Gasteiger charge is -2.22. The molecule has 1 heterocycles. The van der Waals surface area contributed by atoms with Crippen LogP contribution in [0.4, 0.5) is 0 Å². The first-order valence-electron chi connectivity index (χ1n) is 4.49. The van der Waals surface area contributed by atoms with E-state index in [-0.39, 0.29) is 0 Å². The number of likely N-dealkylation sites (tertiary alicyclic amines) is 1. The Balaban J connectivity index is 2.59. The summed E-state index contributed by atoms with van der Waals surface area (Å²) in [5.41, 5.74) is 1.60. The summed E-state index contributed by atoms with van der Waals surface area (Å²) in [6, 6.07) is 0.779. The first kappa shape index (κ1) is 8.79. The van der Waals surface area contributed by atoms with E-state index in [4.69, 9.17) is 0 Å². The number of likely N-dealkylation sites (N-methyl/N-ethyl adjacent to an activating group) is 1. The molecule has 1 rings (SSSR count). The first-order chi connectivity index (χ1) is 5.15. The molecule has 0 aromatic rings. The SMILES string of the molecule is C/C=C1\CC(C(C)C)N(C)C1. The molecule has 0 aromatic heterocycles. The molecule has 0 amide bonds. The van der Waals surface area contributed by atoms with Gasteiger partial charge in [0.2, 0.25) is 0 Å². The molecule has 1 aliphatic heterocycles. The van der Waals surface area contributed by atoms with E-state index in [9.17, 15) is 0 Å². The van der Waals surface area contributed by atoms with Crippen LogP contribution in [0.25, 0.3) is 0 Å². The highest BCUT2D eigenvalue weighted by Crippen LogP contribution is 2.25. The molecule has 1 fully saturated rings. The minimum Gasteiger partial charge on any atom is -0.299 e. The molecular weight excluding hydrogens is 134 g/mol. The Hall–Kier alpha value is -0.300. The van der Waals surface area contributed by atoms with Gasteiger partial charge in [-0.3, -0.25) is 4.90 Å². The first-order valence-corrected chi connectivity index (χ1v) is 4.49. The van der Waals surface area contributed by atoms with Gasteiger partial charge in [-0.1, -0.05) is 25.5 Å². The van der Waals surface area contributed by atoms with Crippen molar-refractivity contribution >= 4 is 0 Å². The van der Waals surface area contributed by atoms with Crippen LogP contribution in [0.5, 0.6) is 0 Å². The highest BCUT2D eigenvalue weighted by atomic mass is 15.1. The third-order valence-electron chi connectivity index (χ3n) is 2.67. The second-order valence-corrected chi connectivity index (χ2v) is 3.88. The Kier molecular flexibility index (Phi) is 2.72. The normalized spacial score (nSPS) is 30.6. The maximum atomic E-state index is 2.46. The Labute approximate surface area is 70.1 Å². The van der Waals surface area contributed by atoms with Crippen molar-refractivity contribution < 1.29 is 0 Å². The fourth-order valence-corrected chi connectivity index (χ4v) is 1.88. The molecule has 0 N–H and O–H groups in total. The Morgan fingerprint density at radius 3 is 2.45 bits per heavy atom. The summed E-state index contributed by atoms with van der Waals surface area (Å²) in [5.74, 6) is 0.789. The van der Waals surface area contributed by atoms with Crippen LogP contribution in [0.15, 0.2) is 11.6 Å². The van der Waals surface area contributed by atoms with Gasteiger partial charge in [0.25, 0.3) is 0 Å². The van der Waals surface area contributed by atoms with Crippen LogP contribution in [-0.4, -0.2) is 24.5 Å². The fraction of sp³-hybridized carbons (Fsp3) is 0.800. The van der Waals surface area contributed by atoms with E-state index in [0.29, 0.717) is 0 Å². The van der Waals surface area contributed by atoms with E-state index in [1.807, 2.05) is 0 Å². The molecule has 0 bridgehead atoms. The molecule has 1 unspecified atom stereocenters. The third-order valence-corrected chi connectivity index (χ3v) is 2.67. The summed E-state index contributed by atoms with van der Waals surface area (Å²) in [6.07, 6.45) is 3.55. The Bertz CT molecular complexity index is 158. The molecule has 11 heavy (non-hydrogen) atoms. The van der Waals surface area contributed by atoms with Crippen molar-refractivity contribution in [3.8, 4) is 0 Å². The molecule has 64 valence electrons. The molecule has 1 nitrogen and oxygen atoms in total. The van der Waals surface area contributed by atoms with Gasteiger partial charge in [-0.2, -0.15) is 0 Å². The van der Waals surface area contributed by atoms with Crippen molar-refractivity contribution in [2.75, 3.05) is 13.6 Å². The number of rotatable bonds is 1. The van der Waals surface area contributed by atoms with Gasteiger partial charge >= 0.3 is 0 Å². The Morgan fingerprint density at radius 2 is 2.18 bits per heavy atom. The van der Waals surface area contributed by atoms with Crippen molar-refractivity contribution in [3.05, 3.63) is 11.6 Å². The van der Waals surface area contributed by atoms with E-state index in [2.05, 4.69) is 38.8 Å². The largest absolute Gasteiger partial charge is 0.299 e. The number of nitrogens with zero attached hydrogens (tertiary/aromatic N) is 1. The quantitative estimate of drug-likeness (QED) is 0.522. The summed E-state index contributed by atoms with van der Waals surface area (Å²) in [6.45, 7) is 7.94. The van der Waals surface area contributed by atoms with E-state index in [1.54, 1.807) is 5.57 Å². The minimum atomic E-state index is 0.779. The number of hydrogen-bond donors (Lipinski definition) is 0. The molecule has 0 aromatic carbocycles. The highest BCUT2D eigenvalue weighted by molar-refractivity contribution is 5.11. The van der Waals surface area contributed by atoms with Gasteiger partial charge in [0.15, 0.2) is 0 Å². The minimum absolute atomic E-state index is 0.779. The monoisotopic (exact) mass is 153 g/mol. The van der Waals surface area contributed by atoms with Gasteiger partial charge in [-0.15, -0.1) is 0 Å². The van der Waals surface area contributed by atoms with Gasteiger partial charge in [-0.25, -0.2) is 0 Å². The van der Waals surface area contributed by atoms with Crippen LogP contribution in [0.2, 0.25) is 0 Å². The van der Waals surface area contributed by atoms with Crippen LogP contribution >= 0.6 is 0 Å². The topological polar surface area (TPSA) is 3.24 Å². The van der Waals surface area contributed by atoms with Gasteiger partial charge in [-0.05, 0) is 26.3 Å². The van der Waals surface area contributed by atoms with Crippen LogP contribution in [0, 0.1) is 5.92 Å².